The average molecular weight is 275 g/mol. The van der Waals surface area contributed by atoms with Gasteiger partial charge in [-0.05, 0) is 24.1 Å². The largest absolute Gasteiger partial charge is 0.508 e. The van der Waals surface area contributed by atoms with Gasteiger partial charge in [0.2, 0.25) is 5.91 Å². The van der Waals surface area contributed by atoms with E-state index in [0.717, 1.165) is 5.56 Å². The molecule has 0 bridgehead atoms. The number of benzene rings is 1. The molecule has 1 amide bonds. The Morgan fingerprint density at radius 1 is 1.45 bits per heavy atom. The van der Waals surface area contributed by atoms with Gasteiger partial charge in [-0.15, -0.1) is 0 Å². The van der Waals surface area contributed by atoms with Gasteiger partial charge in [-0.1, -0.05) is 12.1 Å². The van der Waals surface area contributed by atoms with E-state index in [1.165, 1.54) is 0 Å². The fraction of sp³-hybridized carbons (Fsp3) is 0.308. The fourth-order valence-corrected chi connectivity index (χ4v) is 1.74. The van der Waals surface area contributed by atoms with E-state index >= 15 is 0 Å². The molecule has 106 valence electrons. The van der Waals surface area contributed by atoms with Crippen LogP contribution in [-0.4, -0.2) is 31.8 Å². The van der Waals surface area contributed by atoms with Crippen LogP contribution in [0.3, 0.4) is 0 Å². The van der Waals surface area contributed by atoms with Crippen molar-refractivity contribution in [2.45, 2.75) is 19.0 Å². The van der Waals surface area contributed by atoms with Gasteiger partial charge in [0.15, 0.2) is 5.82 Å². The van der Waals surface area contributed by atoms with Crippen LogP contribution in [0.4, 0.5) is 0 Å². The van der Waals surface area contributed by atoms with Crippen molar-refractivity contribution < 1.29 is 9.90 Å². The van der Waals surface area contributed by atoms with Crippen LogP contribution < -0.4 is 11.1 Å². The molecule has 7 nitrogen and oxygen atoms in total. The Morgan fingerprint density at radius 3 is 2.75 bits per heavy atom. The zero-order valence-corrected chi connectivity index (χ0v) is 11.2. The molecule has 0 radical (unpaired) electrons. The summed E-state index contributed by atoms with van der Waals surface area (Å²) in [5.41, 5.74) is 6.73. The number of aryl methyl sites for hydroxylation is 1. The van der Waals surface area contributed by atoms with Crippen molar-refractivity contribution in [1.82, 2.24) is 20.1 Å². The Hall–Kier alpha value is -2.41. The minimum atomic E-state index is -0.650. The van der Waals surface area contributed by atoms with Gasteiger partial charge in [0.25, 0.3) is 0 Å². The maximum atomic E-state index is 11.8. The van der Waals surface area contributed by atoms with Gasteiger partial charge in [0.1, 0.15) is 12.1 Å². The van der Waals surface area contributed by atoms with Crippen molar-refractivity contribution in [3.63, 3.8) is 0 Å². The molecule has 0 saturated heterocycles. The molecule has 0 aliphatic rings. The van der Waals surface area contributed by atoms with Gasteiger partial charge in [0, 0.05) is 7.05 Å². The van der Waals surface area contributed by atoms with E-state index in [4.69, 9.17) is 5.73 Å². The van der Waals surface area contributed by atoms with Crippen molar-refractivity contribution in [2.75, 3.05) is 0 Å². The van der Waals surface area contributed by atoms with Gasteiger partial charge in [0.05, 0.1) is 12.6 Å². The van der Waals surface area contributed by atoms with E-state index < -0.39 is 6.04 Å². The van der Waals surface area contributed by atoms with E-state index in [0.29, 0.717) is 12.2 Å². The molecule has 20 heavy (non-hydrogen) atoms. The number of amides is 1. The topological polar surface area (TPSA) is 106 Å². The number of hydrogen-bond donors (Lipinski definition) is 3. The minimum Gasteiger partial charge on any atom is -0.508 e. The minimum absolute atomic E-state index is 0.188. The number of rotatable bonds is 5. The second kappa shape index (κ2) is 6.16. The van der Waals surface area contributed by atoms with Gasteiger partial charge < -0.3 is 16.2 Å². The van der Waals surface area contributed by atoms with Gasteiger partial charge >= 0.3 is 0 Å². The van der Waals surface area contributed by atoms with E-state index in [1.54, 1.807) is 42.3 Å². The van der Waals surface area contributed by atoms with Crippen LogP contribution in [0.15, 0.2) is 30.6 Å². The Kier molecular flexibility index (Phi) is 4.31. The number of nitrogens with one attached hydrogen (secondary N) is 1. The zero-order chi connectivity index (χ0) is 14.5. The molecule has 1 atom stereocenters. The number of hydrogen-bond acceptors (Lipinski definition) is 5. The third-order valence-electron chi connectivity index (χ3n) is 2.80. The smallest absolute Gasteiger partial charge is 0.237 e. The SMILES string of the molecule is Cn1cnc(CNC(=O)[C@@H](N)Cc2ccc(O)cc2)n1. The van der Waals surface area contributed by atoms with Crippen molar-refractivity contribution in [1.29, 1.82) is 0 Å². The molecule has 0 aliphatic heterocycles. The first-order chi connectivity index (χ1) is 9.54. The highest BCUT2D eigenvalue weighted by atomic mass is 16.3. The lowest BCUT2D eigenvalue weighted by Crippen LogP contribution is -2.41. The quantitative estimate of drug-likeness (QED) is 0.695. The first-order valence-corrected chi connectivity index (χ1v) is 6.20. The second-order valence-corrected chi connectivity index (χ2v) is 4.53. The predicted octanol–water partition coefficient (Wildman–Crippen LogP) is -0.293. The summed E-state index contributed by atoms with van der Waals surface area (Å²) in [4.78, 5) is 15.9. The number of phenolic OH excluding ortho intramolecular Hbond substituents is 1. The lowest BCUT2D eigenvalue weighted by atomic mass is 10.1. The van der Waals surface area contributed by atoms with Crippen molar-refractivity contribution >= 4 is 5.91 Å². The third-order valence-corrected chi connectivity index (χ3v) is 2.80. The maximum absolute atomic E-state index is 11.8. The summed E-state index contributed by atoms with van der Waals surface area (Å²) >= 11 is 0. The van der Waals surface area contributed by atoms with Crippen LogP contribution >= 0.6 is 0 Å². The first-order valence-electron chi connectivity index (χ1n) is 6.20. The lowest BCUT2D eigenvalue weighted by Gasteiger charge is -2.11. The molecule has 4 N–H and O–H groups in total. The van der Waals surface area contributed by atoms with Crippen LogP contribution in [0.5, 0.6) is 5.75 Å². The van der Waals surface area contributed by atoms with Gasteiger partial charge in [-0.3, -0.25) is 9.48 Å². The number of aromatic hydroxyl groups is 1. The Bertz CT molecular complexity index is 579. The number of aromatic nitrogens is 3. The molecule has 0 aliphatic carbocycles. The summed E-state index contributed by atoms with van der Waals surface area (Å²) in [5, 5.41) is 15.9. The monoisotopic (exact) mass is 275 g/mol. The lowest BCUT2D eigenvalue weighted by molar-refractivity contribution is -0.122. The van der Waals surface area contributed by atoms with Crippen LogP contribution in [0.25, 0.3) is 0 Å². The van der Waals surface area contributed by atoms with E-state index in [-0.39, 0.29) is 18.2 Å². The summed E-state index contributed by atoms with van der Waals surface area (Å²) in [6, 6.07) is 5.96. The molecule has 0 saturated carbocycles. The molecule has 2 aromatic rings. The third kappa shape index (κ3) is 3.79. The highest BCUT2D eigenvalue weighted by molar-refractivity contribution is 5.81. The molecular formula is C13H17N5O2. The van der Waals surface area contributed by atoms with Gasteiger partial charge in [-0.25, -0.2) is 4.98 Å². The van der Waals surface area contributed by atoms with Crippen LogP contribution in [0.1, 0.15) is 11.4 Å². The molecule has 1 heterocycles. The van der Waals surface area contributed by atoms with E-state index in [2.05, 4.69) is 15.4 Å². The molecule has 0 unspecified atom stereocenters. The number of nitrogens with two attached hydrogens (primary N) is 1. The summed E-state index contributed by atoms with van der Waals surface area (Å²) in [5.74, 6) is 0.469. The van der Waals surface area contributed by atoms with Gasteiger partial charge in [-0.2, -0.15) is 5.10 Å². The number of phenols is 1. The van der Waals surface area contributed by atoms with Crippen molar-refractivity contribution in [3.8, 4) is 5.75 Å². The Morgan fingerprint density at radius 2 is 2.15 bits per heavy atom. The highest BCUT2D eigenvalue weighted by Crippen LogP contribution is 2.10. The summed E-state index contributed by atoms with van der Waals surface area (Å²) in [7, 11) is 1.76. The van der Waals surface area contributed by atoms with Crippen molar-refractivity contribution in [2.24, 2.45) is 12.8 Å². The zero-order valence-electron chi connectivity index (χ0n) is 11.2. The predicted molar refractivity (Wildman–Crippen MR) is 72.6 cm³/mol. The normalized spacial score (nSPS) is 12.1. The molecule has 2 rings (SSSR count). The highest BCUT2D eigenvalue weighted by Gasteiger charge is 2.14. The first kappa shape index (κ1) is 14.0. The number of nitrogens with zero attached hydrogens (tertiary/aromatic N) is 3. The molecule has 0 fully saturated rings. The number of carbonyl (C=O) groups is 1. The van der Waals surface area contributed by atoms with Crippen LogP contribution in [0, 0.1) is 0 Å². The summed E-state index contributed by atoms with van der Waals surface area (Å²) in [6.07, 6.45) is 1.97. The summed E-state index contributed by atoms with van der Waals surface area (Å²) in [6.45, 7) is 0.253. The average Bonchev–Trinajstić information content (AvgIpc) is 2.84. The molecule has 1 aromatic heterocycles. The fourth-order valence-electron chi connectivity index (χ4n) is 1.74. The summed E-state index contributed by atoms with van der Waals surface area (Å²) < 4.78 is 1.57. The molecule has 1 aromatic carbocycles. The molecule has 7 heteroatoms. The van der Waals surface area contributed by atoms with Crippen LogP contribution in [0.2, 0.25) is 0 Å². The van der Waals surface area contributed by atoms with Crippen molar-refractivity contribution in [3.05, 3.63) is 42.0 Å². The standard InChI is InChI=1S/C13H17N5O2/c1-18-8-16-12(17-18)7-15-13(20)11(14)6-9-2-4-10(19)5-3-9/h2-5,8,11,19H,6-7,14H2,1H3,(H,15,20)/t11-/m0/s1. The second-order valence-electron chi connectivity index (χ2n) is 4.53. The van der Waals surface area contributed by atoms with E-state index in [1.807, 2.05) is 0 Å². The van der Waals surface area contributed by atoms with Crippen LogP contribution in [-0.2, 0) is 24.8 Å². The number of carbonyl (C=O) groups excluding carboxylic acids is 1. The maximum Gasteiger partial charge on any atom is 0.237 e. The Labute approximate surface area is 116 Å². The molecule has 0 spiro atoms. The Balaban J connectivity index is 1.84. The molecular weight excluding hydrogens is 258 g/mol. The van der Waals surface area contributed by atoms with E-state index in [9.17, 15) is 9.90 Å².